The van der Waals surface area contributed by atoms with Gasteiger partial charge in [0.2, 0.25) is 23.6 Å². The Bertz CT molecular complexity index is 1760. The Morgan fingerprint density at radius 1 is 0.380 bits per heavy atom. The second kappa shape index (κ2) is 42.0. The van der Waals surface area contributed by atoms with E-state index in [1.807, 2.05) is 91.0 Å². The largest absolute Gasteiger partial charge is 0.374 e. The summed E-state index contributed by atoms with van der Waals surface area (Å²) in [5.74, 6) is -1.62. The number of unbranched alkanes of at least 4 members (excludes halogenated alkanes) is 25. The number of carbonyl (C=O) groups excluding carboxylic acids is 4. The Labute approximate surface area is 430 Å². The summed E-state index contributed by atoms with van der Waals surface area (Å²) in [5, 5.41) is 11.9. The lowest BCUT2D eigenvalue weighted by atomic mass is 10.0. The molecule has 0 saturated carbocycles. The van der Waals surface area contributed by atoms with E-state index >= 15 is 0 Å². The third kappa shape index (κ3) is 31.5. The average molecular weight is 981 g/mol. The molecule has 0 aliphatic carbocycles. The van der Waals surface area contributed by atoms with Gasteiger partial charge in [0.25, 0.3) is 0 Å². The van der Waals surface area contributed by atoms with Crippen LogP contribution in [0.4, 0.5) is 0 Å². The monoisotopic (exact) mass is 981 g/mol. The number of hydrogen-bond donors (Lipinski definition) is 4. The van der Waals surface area contributed by atoms with Crippen molar-refractivity contribution in [3.8, 4) is 0 Å². The molecule has 3 atom stereocenters. The minimum atomic E-state index is -1.06. The van der Waals surface area contributed by atoms with Gasteiger partial charge in [0, 0.05) is 19.4 Å². The van der Waals surface area contributed by atoms with Crippen molar-refractivity contribution in [2.45, 2.75) is 231 Å². The van der Waals surface area contributed by atoms with Gasteiger partial charge in [0.1, 0.15) is 18.1 Å². The maximum Gasteiger partial charge on any atom is 0.245 e. The van der Waals surface area contributed by atoms with E-state index in [0.29, 0.717) is 13.0 Å². The quantitative estimate of drug-likeness (QED) is 0.0417. The molecule has 0 aliphatic heterocycles. The molecule has 71 heavy (non-hydrogen) atoms. The van der Waals surface area contributed by atoms with E-state index in [-0.39, 0.29) is 44.7 Å². The Hall–Kier alpha value is -4.54. The number of rotatable bonds is 45. The fraction of sp³-hybridized carbons (Fsp3) is 0.639. The maximum atomic E-state index is 14.4. The van der Waals surface area contributed by atoms with Gasteiger partial charge in [-0.25, -0.2) is 0 Å². The van der Waals surface area contributed by atoms with Gasteiger partial charge in [-0.05, 0) is 29.5 Å². The van der Waals surface area contributed by atoms with Crippen LogP contribution in [0.2, 0.25) is 0 Å². The highest BCUT2D eigenvalue weighted by Gasteiger charge is 2.30. The maximum absolute atomic E-state index is 14.4. The summed E-state index contributed by atoms with van der Waals surface area (Å²) in [4.78, 5) is 55.8. The fourth-order valence-corrected chi connectivity index (χ4v) is 8.93. The van der Waals surface area contributed by atoms with Crippen LogP contribution in [0.3, 0.4) is 0 Å². The minimum Gasteiger partial charge on any atom is -0.374 e. The molecule has 0 unspecified atom stereocenters. The lowest BCUT2D eigenvalue weighted by molar-refractivity contribution is -0.135. The predicted octanol–water partition coefficient (Wildman–Crippen LogP) is 13.2. The summed E-state index contributed by atoms with van der Waals surface area (Å²) in [6.45, 7) is 5.41. The first-order valence-corrected chi connectivity index (χ1v) is 28.3. The molecule has 4 amide bonds. The first-order valence-electron chi connectivity index (χ1n) is 28.3. The van der Waals surface area contributed by atoms with Crippen molar-refractivity contribution in [3.63, 3.8) is 0 Å². The van der Waals surface area contributed by atoms with Crippen LogP contribution in [-0.2, 0) is 48.3 Å². The average Bonchev–Trinajstić information content (AvgIpc) is 3.38. The predicted molar refractivity (Wildman–Crippen MR) is 292 cm³/mol. The topological polar surface area (TPSA) is 135 Å². The summed E-state index contributed by atoms with van der Waals surface area (Å²) < 4.78 is 12.1. The van der Waals surface area contributed by atoms with Crippen LogP contribution < -0.4 is 21.3 Å². The van der Waals surface area contributed by atoms with Crippen molar-refractivity contribution in [3.05, 3.63) is 108 Å². The SMILES string of the molecule is CCCCCCCCCCCCCCCCNC(=O)[C@H](COCc1ccccc1)NC(=O)[C@H](Cc1ccccc1)NC(=O)[C@H](COCc1ccccc1)NC(=O)CCCCCCCCCCCCCCC. The molecule has 396 valence electrons. The van der Waals surface area contributed by atoms with Crippen molar-refractivity contribution in [2.75, 3.05) is 19.8 Å². The van der Waals surface area contributed by atoms with E-state index in [4.69, 9.17) is 9.47 Å². The molecule has 3 aromatic carbocycles. The first-order chi connectivity index (χ1) is 34.9. The molecule has 0 aromatic heterocycles. The zero-order valence-electron chi connectivity index (χ0n) is 44.4. The van der Waals surface area contributed by atoms with Gasteiger partial charge in [-0.15, -0.1) is 0 Å². The molecule has 10 heteroatoms. The van der Waals surface area contributed by atoms with Crippen LogP contribution in [0, 0.1) is 0 Å². The van der Waals surface area contributed by atoms with Gasteiger partial charge in [0.05, 0.1) is 26.4 Å². The summed E-state index contributed by atoms with van der Waals surface area (Å²) in [5.41, 5.74) is 2.72. The van der Waals surface area contributed by atoms with E-state index in [9.17, 15) is 19.2 Å². The first kappa shape index (κ1) is 60.8. The summed E-state index contributed by atoms with van der Waals surface area (Å²) in [7, 11) is 0. The van der Waals surface area contributed by atoms with E-state index in [1.165, 1.54) is 135 Å². The van der Waals surface area contributed by atoms with Crippen LogP contribution in [-0.4, -0.2) is 61.5 Å². The number of benzene rings is 3. The van der Waals surface area contributed by atoms with Crippen molar-refractivity contribution in [1.29, 1.82) is 0 Å². The zero-order valence-corrected chi connectivity index (χ0v) is 44.4. The standard InChI is InChI=1S/C61H96N4O6/c1-3-5-7-9-11-13-15-17-19-21-23-25-27-38-46-62-59(67)56(50-70-48-53-41-33-29-34-42-53)65-60(68)55(47-52-39-31-28-32-40-52)64-61(69)57(51-71-49-54-43-35-30-36-44-54)63-58(66)45-37-26-24-22-20-18-16-14-12-10-8-6-4-2/h28-36,39-44,55-57H,3-27,37-38,45-51H2,1-2H3,(H,62,67)(H,63,66)(H,64,69)(H,65,68)/t55-,56-,57-/m0/s1. The van der Waals surface area contributed by atoms with Gasteiger partial charge < -0.3 is 30.7 Å². The highest BCUT2D eigenvalue weighted by atomic mass is 16.5. The Kier molecular flexibility index (Phi) is 36.0. The van der Waals surface area contributed by atoms with Crippen LogP contribution in [0.1, 0.15) is 210 Å². The molecule has 0 saturated heterocycles. The second-order valence-electron chi connectivity index (χ2n) is 19.8. The zero-order chi connectivity index (χ0) is 50.7. The molecular weight excluding hydrogens is 885 g/mol. The number of amides is 4. The third-order valence-corrected chi connectivity index (χ3v) is 13.3. The van der Waals surface area contributed by atoms with Crippen molar-refractivity contribution in [2.24, 2.45) is 0 Å². The summed E-state index contributed by atoms with van der Waals surface area (Å²) in [6, 6.07) is 25.7. The highest BCUT2D eigenvalue weighted by Crippen LogP contribution is 2.15. The second-order valence-corrected chi connectivity index (χ2v) is 19.8. The molecule has 0 heterocycles. The van der Waals surface area contributed by atoms with E-state index in [0.717, 1.165) is 55.2 Å². The van der Waals surface area contributed by atoms with Crippen LogP contribution in [0.25, 0.3) is 0 Å². The van der Waals surface area contributed by atoms with Crippen molar-refractivity contribution < 1.29 is 28.7 Å². The molecule has 0 radical (unpaired) electrons. The van der Waals surface area contributed by atoms with Crippen LogP contribution in [0.15, 0.2) is 91.0 Å². The normalized spacial score (nSPS) is 12.5. The summed E-state index contributed by atoms with van der Waals surface area (Å²) >= 11 is 0. The molecule has 0 spiro atoms. The number of hydrogen-bond acceptors (Lipinski definition) is 6. The highest BCUT2D eigenvalue weighted by molar-refractivity contribution is 5.94. The Morgan fingerprint density at radius 3 is 1.14 bits per heavy atom. The minimum absolute atomic E-state index is 0.0532. The van der Waals surface area contributed by atoms with Gasteiger partial charge >= 0.3 is 0 Å². The lowest BCUT2D eigenvalue weighted by Gasteiger charge is -2.25. The summed E-state index contributed by atoms with van der Waals surface area (Å²) in [6.07, 6.45) is 33.8. The smallest absolute Gasteiger partial charge is 0.245 e. The van der Waals surface area contributed by atoms with Gasteiger partial charge in [-0.3, -0.25) is 19.2 Å². The Morgan fingerprint density at radius 2 is 0.718 bits per heavy atom. The number of nitrogens with one attached hydrogen (secondary N) is 4. The van der Waals surface area contributed by atoms with E-state index in [2.05, 4.69) is 35.1 Å². The third-order valence-electron chi connectivity index (χ3n) is 13.3. The number of ether oxygens (including phenoxy) is 2. The van der Waals surface area contributed by atoms with E-state index in [1.54, 1.807) is 0 Å². The van der Waals surface area contributed by atoms with Gasteiger partial charge in [-0.2, -0.15) is 0 Å². The van der Waals surface area contributed by atoms with Crippen molar-refractivity contribution in [1.82, 2.24) is 21.3 Å². The molecule has 0 aliphatic rings. The molecule has 0 fully saturated rings. The van der Waals surface area contributed by atoms with Gasteiger partial charge in [0.15, 0.2) is 0 Å². The molecule has 10 nitrogen and oxygen atoms in total. The number of carbonyl (C=O) groups is 4. The molecular formula is C61H96N4O6. The molecule has 3 aromatic rings. The van der Waals surface area contributed by atoms with E-state index < -0.39 is 29.9 Å². The molecule has 0 bridgehead atoms. The van der Waals surface area contributed by atoms with Crippen LogP contribution in [0.5, 0.6) is 0 Å². The van der Waals surface area contributed by atoms with Gasteiger partial charge in [-0.1, -0.05) is 265 Å². The molecule has 3 rings (SSSR count). The Balaban J connectivity index is 1.58. The van der Waals surface area contributed by atoms with Crippen LogP contribution >= 0.6 is 0 Å². The lowest BCUT2D eigenvalue weighted by Crippen LogP contribution is -2.59. The van der Waals surface area contributed by atoms with Crippen molar-refractivity contribution >= 4 is 23.6 Å². The fourth-order valence-electron chi connectivity index (χ4n) is 8.93. The molecule has 4 N–H and O–H groups in total.